The normalized spacial score (nSPS) is 14.6. The topological polar surface area (TPSA) is 117 Å². The standard InChI is InChI=1S/C106H217N5O5/c1-6-11-16-21-26-31-36-41-46-55-64-73-82-102(112)97-109(88-79-70-61-52-54-63-72-81-90-111(100-105(115)85-76-67-58-49-44-39-34-29-24-19-14-9-4)101-106(116)86-77-68-59-50-45-40-35-30-25-20-15-10-5)96-95-108-93-91-107(92-94-108)87-78-69-60-51-53-62-71-80-89-110(98-103(113)83-74-65-56-47-42-37-32-27-22-17-12-7-2)99-104(114)84-75-66-57-48-43-38-33-28-23-18-13-8-3/h102-106,112-116H,6-101H2,1-5H3. The predicted molar refractivity (Wildman–Crippen MR) is 515 cm³/mol. The molecule has 5 unspecified atom stereocenters. The summed E-state index contributed by atoms with van der Waals surface area (Å²) in [5.41, 5.74) is 0. The van der Waals surface area contributed by atoms with Crippen LogP contribution in [0.1, 0.15) is 555 Å². The second-order valence-corrected chi connectivity index (χ2v) is 38.8. The third kappa shape index (κ3) is 84.4. The van der Waals surface area contributed by atoms with Gasteiger partial charge in [0.1, 0.15) is 0 Å². The van der Waals surface area contributed by atoms with Crippen molar-refractivity contribution in [1.82, 2.24) is 24.5 Å². The van der Waals surface area contributed by atoms with E-state index >= 15 is 0 Å². The Morgan fingerprint density at radius 2 is 0.310 bits per heavy atom. The molecule has 0 saturated carbocycles. The van der Waals surface area contributed by atoms with E-state index in [1.54, 1.807) is 0 Å². The number of hydrogen-bond acceptors (Lipinski definition) is 10. The lowest BCUT2D eigenvalue weighted by Gasteiger charge is -2.36. The van der Waals surface area contributed by atoms with Crippen LogP contribution in [0.15, 0.2) is 0 Å². The maximum absolute atomic E-state index is 11.5. The van der Waals surface area contributed by atoms with E-state index in [0.717, 1.165) is 123 Å². The van der Waals surface area contributed by atoms with E-state index in [-0.39, 0.29) is 30.5 Å². The van der Waals surface area contributed by atoms with Crippen LogP contribution in [0.2, 0.25) is 0 Å². The summed E-state index contributed by atoms with van der Waals surface area (Å²) in [5, 5.41) is 56.6. The first-order chi connectivity index (χ1) is 57.1. The van der Waals surface area contributed by atoms with E-state index in [1.165, 1.54) is 482 Å². The molecule has 5 N–H and O–H groups in total. The Morgan fingerprint density at radius 1 is 0.164 bits per heavy atom. The van der Waals surface area contributed by atoms with Gasteiger partial charge in [0.15, 0.2) is 0 Å². The number of aliphatic hydroxyl groups is 5. The molecule has 0 amide bonds. The molecule has 1 aliphatic heterocycles. The number of piperazine rings is 1. The van der Waals surface area contributed by atoms with Gasteiger partial charge in [-0.2, -0.15) is 0 Å². The molecule has 0 spiro atoms. The first-order valence-electron chi connectivity index (χ1n) is 54.2. The van der Waals surface area contributed by atoms with E-state index < -0.39 is 0 Å². The summed E-state index contributed by atoms with van der Waals surface area (Å²) in [6.07, 6.45) is 105. The minimum atomic E-state index is -0.294. The molecule has 0 aromatic carbocycles. The summed E-state index contributed by atoms with van der Waals surface area (Å²) >= 11 is 0. The molecule has 1 rings (SSSR count). The molecule has 0 radical (unpaired) electrons. The number of hydrogen-bond donors (Lipinski definition) is 5. The van der Waals surface area contributed by atoms with Crippen molar-refractivity contribution in [2.24, 2.45) is 0 Å². The van der Waals surface area contributed by atoms with Crippen molar-refractivity contribution in [3.8, 4) is 0 Å². The second-order valence-electron chi connectivity index (χ2n) is 38.8. The van der Waals surface area contributed by atoms with Gasteiger partial charge in [-0.25, -0.2) is 0 Å². The van der Waals surface area contributed by atoms with Crippen LogP contribution in [0, 0.1) is 0 Å². The molecule has 1 heterocycles. The molecule has 10 nitrogen and oxygen atoms in total. The van der Waals surface area contributed by atoms with Crippen LogP contribution in [-0.2, 0) is 0 Å². The van der Waals surface area contributed by atoms with Crippen molar-refractivity contribution >= 4 is 0 Å². The summed E-state index contributed by atoms with van der Waals surface area (Å²) in [6.45, 7) is 26.5. The Morgan fingerprint density at radius 3 is 0.509 bits per heavy atom. The van der Waals surface area contributed by atoms with Gasteiger partial charge >= 0.3 is 0 Å². The maximum atomic E-state index is 11.5. The molecular weight excluding hydrogens is 1420 g/mol. The highest BCUT2D eigenvalue weighted by Crippen LogP contribution is 2.23. The Balaban J connectivity index is 2.60. The highest BCUT2D eigenvalue weighted by Gasteiger charge is 2.21. The van der Waals surface area contributed by atoms with E-state index in [9.17, 15) is 25.5 Å². The molecule has 5 atom stereocenters. The van der Waals surface area contributed by atoms with Crippen LogP contribution >= 0.6 is 0 Å². The number of unbranched alkanes of at least 4 members (excludes halogenated alkanes) is 69. The molecule has 10 heteroatoms. The number of nitrogens with zero attached hydrogens (tertiary/aromatic N) is 5. The maximum Gasteiger partial charge on any atom is 0.0667 e. The fraction of sp³-hybridized carbons (Fsp3) is 1.00. The predicted octanol–water partition coefficient (Wildman–Crippen LogP) is 30.0. The van der Waals surface area contributed by atoms with Gasteiger partial charge in [-0.15, -0.1) is 0 Å². The summed E-state index contributed by atoms with van der Waals surface area (Å²) in [7, 11) is 0. The van der Waals surface area contributed by atoms with Crippen molar-refractivity contribution < 1.29 is 25.5 Å². The average Bonchev–Trinajstić information content (AvgIpc) is 0.924. The van der Waals surface area contributed by atoms with E-state index in [1.807, 2.05) is 0 Å². The largest absolute Gasteiger partial charge is 0.392 e. The molecule has 1 fully saturated rings. The van der Waals surface area contributed by atoms with Gasteiger partial charge in [-0.3, -0.25) is 19.6 Å². The third-order valence-electron chi connectivity index (χ3n) is 26.9. The summed E-state index contributed by atoms with van der Waals surface area (Å²) in [5.74, 6) is 0. The van der Waals surface area contributed by atoms with Crippen molar-refractivity contribution in [2.45, 2.75) is 585 Å². The summed E-state index contributed by atoms with van der Waals surface area (Å²) in [6, 6.07) is 0. The zero-order valence-corrected chi connectivity index (χ0v) is 80.2. The molecule has 0 aliphatic carbocycles. The SMILES string of the molecule is CCCCCCCCCCCCCCC(O)CN(CCCCCCCCCCN(CC(O)CCCCCCCCCCCCCC)CC(O)CCCCCCCCCCCCCC)CCN1CCN(CCCCCCCCCCN(CC(O)CCCCCCCCCCCCCC)CC(O)CCCCCCCCCCCCCC)CC1. The molecule has 696 valence electrons. The van der Waals surface area contributed by atoms with Crippen LogP contribution in [-0.4, -0.2) is 179 Å². The lowest BCUT2D eigenvalue weighted by Crippen LogP contribution is -2.49. The van der Waals surface area contributed by atoms with Crippen LogP contribution in [0.5, 0.6) is 0 Å². The minimum absolute atomic E-state index is 0.222. The smallest absolute Gasteiger partial charge is 0.0667 e. The Bertz CT molecular complexity index is 1740. The Kier molecular flexibility index (Phi) is 91.8. The molecule has 0 aromatic heterocycles. The third-order valence-corrected chi connectivity index (χ3v) is 26.9. The van der Waals surface area contributed by atoms with Crippen molar-refractivity contribution in [2.75, 3.05) is 98.2 Å². The van der Waals surface area contributed by atoms with Crippen LogP contribution < -0.4 is 0 Å². The van der Waals surface area contributed by atoms with Gasteiger partial charge in [0.2, 0.25) is 0 Å². The van der Waals surface area contributed by atoms with Crippen molar-refractivity contribution in [3.05, 3.63) is 0 Å². The van der Waals surface area contributed by atoms with Gasteiger partial charge in [-0.1, -0.05) is 497 Å². The van der Waals surface area contributed by atoms with Crippen LogP contribution in [0.3, 0.4) is 0 Å². The van der Waals surface area contributed by atoms with E-state index in [4.69, 9.17) is 0 Å². The van der Waals surface area contributed by atoms with E-state index in [0.29, 0.717) is 13.1 Å². The van der Waals surface area contributed by atoms with Gasteiger partial charge < -0.3 is 30.4 Å². The van der Waals surface area contributed by atoms with E-state index in [2.05, 4.69) is 59.1 Å². The molecule has 1 aliphatic rings. The van der Waals surface area contributed by atoms with Crippen molar-refractivity contribution in [3.63, 3.8) is 0 Å². The van der Waals surface area contributed by atoms with Crippen LogP contribution in [0.25, 0.3) is 0 Å². The summed E-state index contributed by atoms with van der Waals surface area (Å²) in [4.78, 5) is 13.0. The van der Waals surface area contributed by atoms with Crippen molar-refractivity contribution in [1.29, 1.82) is 0 Å². The fourth-order valence-corrected chi connectivity index (χ4v) is 18.8. The summed E-state index contributed by atoms with van der Waals surface area (Å²) < 4.78 is 0. The lowest BCUT2D eigenvalue weighted by molar-refractivity contribution is 0.0591. The average molecular weight is 1640 g/mol. The van der Waals surface area contributed by atoms with Gasteiger partial charge in [-0.05, 0) is 84.0 Å². The van der Waals surface area contributed by atoms with Gasteiger partial charge in [0.05, 0.1) is 30.5 Å². The fourth-order valence-electron chi connectivity index (χ4n) is 18.8. The Labute approximate surface area is 729 Å². The highest BCUT2D eigenvalue weighted by atomic mass is 16.3. The van der Waals surface area contributed by atoms with Gasteiger partial charge in [0.25, 0.3) is 0 Å². The molecule has 0 aromatic rings. The quantitative estimate of drug-likeness (QED) is 0.0377. The number of rotatable bonds is 100. The van der Waals surface area contributed by atoms with Gasteiger partial charge in [0, 0.05) is 72.0 Å². The monoisotopic (exact) mass is 1640 g/mol. The molecule has 0 bridgehead atoms. The van der Waals surface area contributed by atoms with Crippen LogP contribution in [0.4, 0.5) is 0 Å². The highest BCUT2D eigenvalue weighted by molar-refractivity contribution is 4.77. The molecular formula is C106H217N5O5. The second kappa shape index (κ2) is 93.7. The lowest BCUT2D eigenvalue weighted by atomic mass is 10.0. The first-order valence-corrected chi connectivity index (χ1v) is 54.2. The molecule has 116 heavy (non-hydrogen) atoms. The zero-order valence-electron chi connectivity index (χ0n) is 80.2. The molecule has 1 saturated heterocycles. The minimum Gasteiger partial charge on any atom is -0.392 e. The first kappa shape index (κ1) is 114. The number of aliphatic hydroxyl groups excluding tert-OH is 5. The Hall–Kier alpha value is -0.400. The zero-order chi connectivity index (χ0) is 83.7.